The van der Waals surface area contributed by atoms with Crippen molar-refractivity contribution in [3.05, 3.63) is 105 Å². The quantitative estimate of drug-likeness (QED) is 0.350. The van der Waals surface area contributed by atoms with Gasteiger partial charge in [0.15, 0.2) is 5.71 Å². The van der Waals surface area contributed by atoms with Crippen LogP contribution < -0.4 is 4.90 Å². The van der Waals surface area contributed by atoms with E-state index in [2.05, 4.69) is 68.4 Å². The second-order valence-electron chi connectivity index (χ2n) is 12.8. The zero-order valence-corrected chi connectivity index (χ0v) is 26.0. The van der Waals surface area contributed by atoms with Gasteiger partial charge in [-0.25, -0.2) is 9.59 Å². The van der Waals surface area contributed by atoms with Crippen LogP contribution in [0.1, 0.15) is 79.3 Å². The molecule has 42 heavy (non-hydrogen) atoms. The number of nitrogens with zero attached hydrogens (tertiary/aromatic N) is 2. The van der Waals surface area contributed by atoms with E-state index >= 15 is 0 Å². The van der Waals surface area contributed by atoms with Crippen LogP contribution in [0.25, 0.3) is 0 Å². The molecule has 218 valence electrons. The van der Waals surface area contributed by atoms with Gasteiger partial charge in [-0.05, 0) is 85.7 Å². The molecule has 0 saturated heterocycles. The average Bonchev–Trinajstić information content (AvgIpc) is 3.24. The Balaban J connectivity index is 1.48. The lowest BCUT2D eigenvalue weighted by Gasteiger charge is -2.25. The number of rotatable bonds is 5. The molecule has 7 heteroatoms. The van der Waals surface area contributed by atoms with Crippen LogP contribution in [0.3, 0.4) is 0 Å². The van der Waals surface area contributed by atoms with Crippen molar-refractivity contribution < 1.29 is 24.4 Å². The SMILES string of the molecule is CC1CC(/C=C/C2=[N+](C)c3ccc(C(=O)O)cc3C2(C)C)=C(Cl)C(=C/C=C2/N(C)c3ccc(C(=O)O)cc3C2(C)C)/C1. The first-order valence-corrected chi connectivity index (χ1v) is 14.6. The van der Waals surface area contributed by atoms with E-state index in [4.69, 9.17) is 11.6 Å². The van der Waals surface area contributed by atoms with Gasteiger partial charge in [0.1, 0.15) is 7.05 Å². The Labute approximate surface area is 252 Å². The molecule has 2 aliphatic heterocycles. The molecule has 0 radical (unpaired) electrons. The van der Waals surface area contributed by atoms with E-state index in [1.54, 1.807) is 24.3 Å². The van der Waals surface area contributed by atoms with Crippen LogP contribution in [0, 0.1) is 5.92 Å². The van der Waals surface area contributed by atoms with Gasteiger partial charge in [0.2, 0.25) is 5.69 Å². The number of carboxylic acid groups (broad SMARTS) is 2. The van der Waals surface area contributed by atoms with Crippen molar-refractivity contribution in [2.24, 2.45) is 5.92 Å². The minimum Gasteiger partial charge on any atom is -0.478 e. The summed E-state index contributed by atoms with van der Waals surface area (Å²) in [6.07, 6.45) is 10.2. The van der Waals surface area contributed by atoms with E-state index < -0.39 is 11.9 Å². The van der Waals surface area contributed by atoms with Gasteiger partial charge in [-0.15, -0.1) is 0 Å². The van der Waals surface area contributed by atoms with E-state index in [-0.39, 0.29) is 22.0 Å². The summed E-state index contributed by atoms with van der Waals surface area (Å²) in [5.41, 5.74) is 8.17. The highest BCUT2D eigenvalue weighted by atomic mass is 35.5. The molecule has 0 bridgehead atoms. The monoisotopic (exact) mass is 585 g/mol. The van der Waals surface area contributed by atoms with Gasteiger partial charge in [0.05, 0.1) is 16.5 Å². The number of carbonyl (C=O) groups is 2. The Morgan fingerprint density at radius 3 is 2.19 bits per heavy atom. The van der Waals surface area contributed by atoms with Crippen molar-refractivity contribution in [2.45, 2.75) is 58.3 Å². The van der Waals surface area contributed by atoms with Crippen molar-refractivity contribution in [2.75, 3.05) is 19.0 Å². The molecule has 1 aliphatic carbocycles. The Morgan fingerprint density at radius 1 is 0.929 bits per heavy atom. The molecule has 1 atom stereocenters. The minimum absolute atomic E-state index is 0.290. The van der Waals surface area contributed by atoms with E-state index in [0.29, 0.717) is 5.92 Å². The summed E-state index contributed by atoms with van der Waals surface area (Å²) in [7, 11) is 4.03. The van der Waals surface area contributed by atoms with Crippen molar-refractivity contribution >= 4 is 40.6 Å². The van der Waals surface area contributed by atoms with Crippen molar-refractivity contribution in [3.63, 3.8) is 0 Å². The zero-order valence-electron chi connectivity index (χ0n) is 25.2. The number of hydrogen-bond donors (Lipinski definition) is 2. The van der Waals surface area contributed by atoms with E-state index in [9.17, 15) is 19.8 Å². The number of allylic oxidation sites excluding steroid dienone is 8. The molecule has 1 unspecified atom stereocenters. The number of aromatic carboxylic acids is 2. The van der Waals surface area contributed by atoms with Gasteiger partial charge in [-0.2, -0.15) is 4.58 Å². The average molecular weight is 586 g/mol. The largest absolute Gasteiger partial charge is 0.478 e. The number of anilines is 1. The fraction of sp³-hybridized carbons (Fsp3) is 0.343. The highest BCUT2D eigenvalue weighted by Gasteiger charge is 2.43. The van der Waals surface area contributed by atoms with Gasteiger partial charge in [0, 0.05) is 46.6 Å². The number of halogens is 1. The highest BCUT2D eigenvalue weighted by molar-refractivity contribution is 6.32. The molecular formula is C35H38ClN2O4+. The molecular weight excluding hydrogens is 548 g/mol. The first-order valence-electron chi connectivity index (χ1n) is 14.2. The summed E-state index contributed by atoms with van der Waals surface area (Å²) in [6.45, 7) is 10.7. The molecule has 2 aromatic rings. The Kier molecular flexibility index (Phi) is 7.34. The number of fused-ring (bicyclic) bond motifs is 2. The van der Waals surface area contributed by atoms with Crippen LogP contribution in [0.2, 0.25) is 0 Å². The molecule has 6 nitrogen and oxygen atoms in total. The maximum absolute atomic E-state index is 11.6. The molecule has 0 fully saturated rings. The second kappa shape index (κ2) is 10.4. The predicted octanol–water partition coefficient (Wildman–Crippen LogP) is 7.81. The topological polar surface area (TPSA) is 80.9 Å². The van der Waals surface area contributed by atoms with E-state index in [0.717, 1.165) is 62.9 Å². The summed E-state index contributed by atoms with van der Waals surface area (Å²) in [5, 5.41) is 19.8. The van der Waals surface area contributed by atoms with Crippen LogP contribution in [0.4, 0.5) is 11.4 Å². The van der Waals surface area contributed by atoms with Crippen LogP contribution in [0.15, 0.2) is 82.6 Å². The normalized spacial score (nSPS) is 22.9. The number of benzene rings is 2. The molecule has 0 saturated carbocycles. The standard InChI is InChI=1S/C35H37ClN2O4/c1-20-16-21(10-14-29-34(2,3)25-18-23(32(39)40)8-12-27(25)37(29)6)31(36)22(17-20)11-15-30-35(4,5)26-19-24(33(41)42)9-13-28(26)38(30)7/h8-15,18-20H,16-17H2,1-7H3,(H-,39,40,41,42)/p+1. The number of carboxylic acids is 2. The summed E-state index contributed by atoms with van der Waals surface area (Å²) >= 11 is 7.05. The minimum atomic E-state index is -0.927. The first-order chi connectivity index (χ1) is 19.6. The Morgan fingerprint density at radius 2 is 1.55 bits per heavy atom. The third kappa shape index (κ3) is 4.82. The van der Waals surface area contributed by atoms with Gasteiger partial charge >= 0.3 is 11.9 Å². The van der Waals surface area contributed by atoms with Crippen LogP contribution in [-0.4, -0.2) is 46.5 Å². The lowest BCUT2D eigenvalue weighted by Crippen LogP contribution is -2.27. The molecule has 0 spiro atoms. The van der Waals surface area contributed by atoms with E-state index in [1.807, 2.05) is 26.2 Å². The summed E-state index contributed by atoms with van der Waals surface area (Å²) in [6, 6.07) is 10.6. The molecule has 3 aliphatic rings. The fourth-order valence-electron chi connectivity index (χ4n) is 6.79. The smallest absolute Gasteiger partial charge is 0.335 e. The first kappa shape index (κ1) is 29.6. The third-order valence-electron chi connectivity index (χ3n) is 9.15. The molecule has 2 heterocycles. The lowest BCUT2D eigenvalue weighted by molar-refractivity contribution is -0.401. The van der Waals surface area contributed by atoms with Crippen LogP contribution in [-0.2, 0) is 10.8 Å². The maximum atomic E-state index is 11.6. The van der Waals surface area contributed by atoms with Gasteiger partial charge in [-0.3, -0.25) is 0 Å². The molecule has 2 aromatic carbocycles. The summed E-state index contributed by atoms with van der Waals surface area (Å²) in [4.78, 5) is 25.3. The predicted molar refractivity (Wildman–Crippen MR) is 169 cm³/mol. The molecule has 0 amide bonds. The highest BCUT2D eigenvalue weighted by Crippen LogP contribution is 2.48. The molecule has 5 rings (SSSR count). The van der Waals surface area contributed by atoms with Crippen molar-refractivity contribution in [3.8, 4) is 0 Å². The molecule has 2 N–H and O–H groups in total. The van der Waals surface area contributed by atoms with Gasteiger partial charge in [0.25, 0.3) is 0 Å². The lowest BCUT2D eigenvalue weighted by atomic mass is 9.80. The summed E-state index contributed by atoms with van der Waals surface area (Å²) in [5.74, 6) is -1.44. The Hall–Kier alpha value is -3.90. The van der Waals surface area contributed by atoms with Crippen LogP contribution >= 0.6 is 11.6 Å². The van der Waals surface area contributed by atoms with Gasteiger partial charge in [-0.1, -0.05) is 44.5 Å². The van der Waals surface area contributed by atoms with Crippen molar-refractivity contribution in [1.82, 2.24) is 0 Å². The Bertz CT molecular complexity index is 1690. The van der Waals surface area contributed by atoms with Crippen molar-refractivity contribution in [1.29, 1.82) is 0 Å². The van der Waals surface area contributed by atoms with E-state index in [1.165, 1.54) is 0 Å². The summed E-state index contributed by atoms with van der Waals surface area (Å²) < 4.78 is 2.13. The van der Waals surface area contributed by atoms with Gasteiger partial charge < -0.3 is 15.1 Å². The maximum Gasteiger partial charge on any atom is 0.335 e. The zero-order chi connectivity index (χ0) is 30.7. The number of hydrogen-bond acceptors (Lipinski definition) is 3. The van der Waals surface area contributed by atoms with Crippen LogP contribution in [0.5, 0.6) is 0 Å². The molecule has 0 aromatic heterocycles. The fourth-order valence-corrected chi connectivity index (χ4v) is 7.07. The third-order valence-corrected chi connectivity index (χ3v) is 9.63. The second-order valence-corrected chi connectivity index (χ2v) is 13.1. The number of likely N-dealkylation sites (N-methyl/N-ethyl adjacent to an activating group) is 1.